The second-order valence-electron chi connectivity index (χ2n) is 5.74. The fourth-order valence-electron chi connectivity index (χ4n) is 3.09. The average molecular weight is 388 g/mol. The van der Waals surface area contributed by atoms with Crippen molar-refractivity contribution in [2.24, 2.45) is 0 Å². The standard InChI is InChI=1S/C18H16ClN3O2.CH2O2/c1-23-16-4-2-3-12-9-13(11-24-17(12)16)22-8-7-21-18(22)14-5-6-20-10-15(14)19;2-1-3/h2-8,10,13H,9,11H2,1H3;1H,(H,2,3). The van der Waals surface area contributed by atoms with Crippen molar-refractivity contribution in [2.75, 3.05) is 13.7 Å². The van der Waals surface area contributed by atoms with Gasteiger partial charge in [0.1, 0.15) is 12.4 Å². The van der Waals surface area contributed by atoms with Crippen molar-refractivity contribution in [3.63, 3.8) is 0 Å². The Morgan fingerprint density at radius 3 is 2.93 bits per heavy atom. The van der Waals surface area contributed by atoms with Crippen LogP contribution in [0.3, 0.4) is 0 Å². The van der Waals surface area contributed by atoms with Crippen molar-refractivity contribution in [2.45, 2.75) is 12.5 Å². The van der Waals surface area contributed by atoms with Crippen LogP contribution in [0, 0.1) is 0 Å². The first-order valence-corrected chi connectivity index (χ1v) is 8.56. The Morgan fingerprint density at radius 2 is 2.19 bits per heavy atom. The molecule has 27 heavy (non-hydrogen) atoms. The number of methoxy groups -OCH3 is 1. The number of halogens is 1. The lowest BCUT2D eigenvalue weighted by molar-refractivity contribution is -0.122. The molecule has 0 bridgehead atoms. The quantitative estimate of drug-likeness (QED) is 0.692. The lowest BCUT2D eigenvalue weighted by Crippen LogP contribution is -2.25. The number of carboxylic acid groups (broad SMARTS) is 1. The maximum atomic E-state index is 8.36. The van der Waals surface area contributed by atoms with Gasteiger partial charge in [0.2, 0.25) is 0 Å². The Kier molecular flexibility index (Phi) is 5.93. The van der Waals surface area contributed by atoms with E-state index >= 15 is 0 Å². The van der Waals surface area contributed by atoms with E-state index in [2.05, 4.69) is 20.6 Å². The third-order valence-electron chi connectivity index (χ3n) is 4.23. The highest BCUT2D eigenvalue weighted by Gasteiger charge is 2.26. The van der Waals surface area contributed by atoms with Gasteiger partial charge in [-0.1, -0.05) is 23.7 Å². The minimum Gasteiger partial charge on any atom is -0.493 e. The normalized spacial score (nSPS) is 15.0. The smallest absolute Gasteiger partial charge is 0.290 e. The van der Waals surface area contributed by atoms with Crippen molar-refractivity contribution in [3.05, 3.63) is 59.6 Å². The number of fused-ring (bicyclic) bond motifs is 1. The van der Waals surface area contributed by atoms with Crippen LogP contribution in [0.1, 0.15) is 11.6 Å². The molecule has 4 rings (SSSR count). The summed E-state index contributed by atoms with van der Waals surface area (Å²) in [6.07, 6.45) is 7.95. The molecule has 7 nitrogen and oxygen atoms in total. The molecule has 1 unspecified atom stereocenters. The fourth-order valence-corrected chi connectivity index (χ4v) is 3.29. The van der Waals surface area contributed by atoms with Crippen LogP contribution in [-0.2, 0) is 11.2 Å². The summed E-state index contributed by atoms with van der Waals surface area (Å²) in [5.41, 5.74) is 2.00. The molecular formula is C19H18ClN3O4. The molecule has 8 heteroatoms. The third-order valence-corrected chi connectivity index (χ3v) is 4.53. The Morgan fingerprint density at radius 1 is 1.37 bits per heavy atom. The van der Waals surface area contributed by atoms with Crippen LogP contribution in [0.4, 0.5) is 0 Å². The average Bonchev–Trinajstić information content (AvgIpc) is 3.17. The fraction of sp³-hybridized carbons (Fsp3) is 0.211. The summed E-state index contributed by atoms with van der Waals surface area (Å²) in [6.45, 7) is 0.305. The van der Waals surface area contributed by atoms with Gasteiger partial charge in [0, 0.05) is 42.3 Å². The lowest BCUT2D eigenvalue weighted by Gasteiger charge is -2.28. The second-order valence-corrected chi connectivity index (χ2v) is 6.14. The van der Waals surface area contributed by atoms with Crippen molar-refractivity contribution >= 4 is 18.1 Å². The highest BCUT2D eigenvalue weighted by atomic mass is 35.5. The van der Waals surface area contributed by atoms with Gasteiger partial charge in [0.25, 0.3) is 6.47 Å². The molecule has 0 fully saturated rings. The topological polar surface area (TPSA) is 86.5 Å². The Hall–Kier alpha value is -3.06. The van der Waals surface area contributed by atoms with Crippen molar-refractivity contribution in [1.29, 1.82) is 0 Å². The monoisotopic (exact) mass is 387 g/mol. The first-order chi connectivity index (χ1) is 13.2. The van der Waals surface area contributed by atoms with Gasteiger partial charge in [-0.2, -0.15) is 0 Å². The van der Waals surface area contributed by atoms with Crippen LogP contribution in [0.5, 0.6) is 11.5 Å². The number of para-hydroxylation sites is 1. The number of imidazole rings is 1. The predicted octanol–water partition coefficient (Wildman–Crippen LogP) is 3.48. The molecule has 2 aromatic heterocycles. The maximum Gasteiger partial charge on any atom is 0.290 e. The molecule has 0 amide bonds. The molecule has 1 N–H and O–H groups in total. The number of benzene rings is 1. The summed E-state index contributed by atoms with van der Waals surface area (Å²) in [5, 5.41) is 7.48. The van der Waals surface area contributed by atoms with E-state index in [0.717, 1.165) is 34.9 Å². The van der Waals surface area contributed by atoms with Gasteiger partial charge in [-0.3, -0.25) is 9.78 Å². The number of hydrogen-bond acceptors (Lipinski definition) is 5. The molecule has 0 radical (unpaired) electrons. The maximum absolute atomic E-state index is 8.36. The first-order valence-electron chi connectivity index (χ1n) is 8.18. The van der Waals surface area contributed by atoms with Crippen molar-refractivity contribution in [1.82, 2.24) is 14.5 Å². The van der Waals surface area contributed by atoms with E-state index in [-0.39, 0.29) is 12.5 Å². The zero-order valence-electron chi connectivity index (χ0n) is 14.6. The minimum absolute atomic E-state index is 0.145. The lowest BCUT2D eigenvalue weighted by atomic mass is 10.0. The Bertz CT molecular complexity index is 929. The van der Waals surface area contributed by atoms with Gasteiger partial charge in [-0.25, -0.2) is 4.98 Å². The van der Waals surface area contributed by atoms with Gasteiger partial charge >= 0.3 is 0 Å². The minimum atomic E-state index is -0.250. The first kappa shape index (κ1) is 18.7. The van der Waals surface area contributed by atoms with Crippen LogP contribution < -0.4 is 9.47 Å². The van der Waals surface area contributed by atoms with Crippen LogP contribution in [0.25, 0.3) is 11.4 Å². The predicted molar refractivity (Wildman–Crippen MR) is 100 cm³/mol. The van der Waals surface area contributed by atoms with Crippen molar-refractivity contribution < 1.29 is 19.4 Å². The largest absolute Gasteiger partial charge is 0.493 e. The van der Waals surface area contributed by atoms with Crippen LogP contribution in [0.2, 0.25) is 5.02 Å². The summed E-state index contributed by atoms with van der Waals surface area (Å²) in [4.78, 5) is 16.9. The molecule has 140 valence electrons. The molecule has 0 spiro atoms. The molecule has 3 heterocycles. The summed E-state index contributed by atoms with van der Waals surface area (Å²) < 4.78 is 13.5. The highest BCUT2D eigenvalue weighted by molar-refractivity contribution is 6.33. The molecule has 1 aliphatic heterocycles. The Balaban J connectivity index is 0.000000659. The van der Waals surface area contributed by atoms with Gasteiger partial charge < -0.3 is 19.1 Å². The molecule has 1 aromatic carbocycles. The third kappa shape index (κ3) is 3.88. The zero-order chi connectivity index (χ0) is 19.2. The summed E-state index contributed by atoms with van der Waals surface area (Å²) >= 11 is 6.28. The Labute approximate surface area is 161 Å². The molecule has 1 aliphatic rings. The zero-order valence-corrected chi connectivity index (χ0v) is 15.3. The highest BCUT2D eigenvalue weighted by Crippen LogP contribution is 2.38. The number of rotatable bonds is 3. The van der Waals surface area contributed by atoms with Crippen LogP contribution in [-0.4, -0.2) is 39.8 Å². The van der Waals surface area contributed by atoms with Gasteiger partial charge in [-0.15, -0.1) is 0 Å². The number of carbonyl (C=O) groups is 1. The number of ether oxygens (including phenoxy) is 2. The molecule has 3 aromatic rings. The molecule has 0 saturated carbocycles. The van der Waals surface area contributed by atoms with E-state index in [1.54, 1.807) is 25.7 Å². The molecule has 0 saturated heterocycles. The number of nitrogens with zero attached hydrogens (tertiary/aromatic N) is 3. The summed E-state index contributed by atoms with van der Waals surface area (Å²) in [6, 6.07) is 7.99. The van der Waals surface area contributed by atoms with Gasteiger partial charge in [0.05, 0.1) is 18.2 Å². The molecule has 0 aliphatic carbocycles. The van der Waals surface area contributed by atoms with E-state index in [9.17, 15) is 0 Å². The summed E-state index contributed by atoms with van der Waals surface area (Å²) in [5.74, 6) is 2.43. The SMILES string of the molecule is COc1cccc2c1OCC(n1ccnc1-c1ccncc1Cl)C2.O=CO. The number of aromatic nitrogens is 3. The summed E-state index contributed by atoms with van der Waals surface area (Å²) in [7, 11) is 1.66. The van der Waals surface area contributed by atoms with E-state index in [4.69, 9.17) is 31.0 Å². The van der Waals surface area contributed by atoms with E-state index < -0.39 is 0 Å². The second kappa shape index (κ2) is 8.55. The molecular weight excluding hydrogens is 370 g/mol. The number of hydrogen-bond donors (Lipinski definition) is 1. The van der Waals surface area contributed by atoms with E-state index in [1.165, 1.54) is 0 Å². The van der Waals surface area contributed by atoms with Crippen LogP contribution >= 0.6 is 11.6 Å². The number of pyridine rings is 1. The van der Waals surface area contributed by atoms with Gasteiger partial charge in [0.15, 0.2) is 11.5 Å². The van der Waals surface area contributed by atoms with Crippen LogP contribution in [0.15, 0.2) is 49.1 Å². The van der Waals surface area contributed by atoms with E-state index in [0.29, 0.717) is 11.6 Å². The van der Waals surface area contributed by atoms with E-state index in [1.807, 2.05) is 24.4 Å². The molecule has 1 atom stereocenters. The van der Waals surface area contributed by atoms with Gasteiger partial charge in [-0.05, 0) is 12.1 Å². The van der Waals surface area contributed by atoms with Crippen molar-refractivity contribution in [3.8, 4) is 22.9 Å².